The van der Waals surface area contributed by atoms with Gasteiger partial charge in [0.1, 0.15) is 5.75 Å². The van der Waals surface area contributed by atoms with Gasteiger partial charge >= 0.3 is 5.97 Å². The van der Waals surface area contributed by atoms with Crippen molar-refractivity contribution in [2.75, 3.05) is 24.5 Å². The maximum absolute atomic E-state index is 11.9. The van der Waals surface area contributed by atoms with Crippen LogP contribution in [0, 0.1) is 0 Å². The van der Waals surface area contributed by atoms with Crippen molar-refractivity contribution in [2.24, 2.45) is 5.10 Å². The van der Waals surface area contributed by atoms with Crippen LogP contribution in [0.1, 0.15) is 30.5 Å². The highest BCUT2D eigenvalue weighted by Gasteiger charge is 2.30. The summed E-state index contributed by atoms with van der Waals surface area (Å²) in [6.07, 6.45) is 1.88. The lowest BCUT2D eigenvalue weighted by Gasteiger charge is -2.24. The number of carbonyl (C=O) groups excluding carboxylic acids is 1. The summed E-state index contributed by atoms with van der Waals surface area (Å²) in [6, 6.07) is 24.3. The van der Waals surface area contributed by atoms with E-state index in [0.29, 0.717) is 18.8 Å². The Hall–Kier alpha value is -3.65. The van der Waals surface area contributed by atoms with E-state index in [1.807, 2.05) is 35.3 Å². The standard InChI is InChI=1S/C26H26N2O5S/c1-3-32-26(29)18-33-22-13-9-19(10-14-22)24-17-25(20-7-5-4-6-8-20)28(27-24)21-11-15-23(16-12-21)34(2,30)31/h4-16,25H,3,17-18H2,1-2H3. The van der Waals surface area contributed by atoms with Crippen LogP contribution in [-0.4, -0.2) is 39.6 Å². The molecular weight excluding hydrogens is 452 g/mol. The van der Waals surface area contributed by atoms with Crippen LogP contribution in [-0.2, 0) is 19.4 Å². The number of hydrazone groups is 1. The molecule has 1 aliphatic rings. The minimum atomic E-state index is -3.28. The van der Waals surface area contributed by atoms with Gasteiger partial charge < -0.3 is 9.47 Å². The number of anilines is 1. The molecule has 0 aliphatic carbocycles. The summed E-state index contributed by atoms with van der Waals surface area (Å²) >= 11 is 0. The van der Waals surface area contributed by atoms with Crippen molar-refractivity contribution in [3.63, 3.8) is 0 Å². The third kappa shape index (κ3) is 5.46. The lowest BCUT2D eigenvalue weighted by molar-refractivity contribution is -0.145. The lowest BCUT2D eigenvalue weighted by atomic mass is 9.98. The molecule has 0 aromatic heterocycles. The molecule has 0 amide bonds. The quantitative estimate of drug-likeness (QED) is 0.447. The largest absolute Gasteiger partial charge is 0.482 e. The fourth-order valence-electron chi connectivity index (χ4n) is 3.79. The van der Waals surface area contributed by atoms with Crippen molar-refractivity contribution in [3.8, 4) is 5.75 Å². The third-order valence-electron chi connectivity index (χ3n) is 5.47. The highest BCUT2D eigenvalue weighted by Crippen LogP contribution is 2.37. The second-order valence-corrected chi connectivity index (χ2v) is 9.92. The number of esters is 1. The summed E-state index contributed by atoms with van der Waals surface area (Å²) in [4.78, 5) is 11.8. The fourth-order valence-corrected chi connectivity index (χ4v) is 4.42. The smallest absolute Gasteiger partial charge is 0.344 e. The van der Waals surface area contributed by atoms with E-state index >= 15 is 0 Å². The Balaban J connectivity index is 1.59. The SMILES string of the molecule is CCOC(=O)COc1ccc(C2=NN(c3ccc(S(C)(=O)=O)cc3)C(c3ccccc3)C2)cc1. The molecule has 3 aromatic rings. The fraction of sp³-hybridized carbons (Fsp3) is 0.231. The number of benzene rings is 3. The molecule has 0 saturated carbocycles. The van der Waals surface area contributed by atoms with Crippen LogP contribution in [0.4, 0.5) is 5.69 Å². The average Bonchev–Trinajstić information content (AvgIpc) is 3.29. The Morgan fingerprint density at radius 1 is 1.00 bits per heavy atom. The summed E-state index contributed by atoms with van der Waals surface area (Å²) in [5.74, 6) is 0.165. The highest BCUT2D eigenvalue weighted by molar-refractivity contribution is 7.90. The maximum atomic E-state index is 11.9. The van der Waals surface area contributed by atoms with Crippen LogP contribution in [0.3, 0.4) is 0 Å². The molecule has 1 heterocycles. The molecule has 1 aliphatic heterocycles. The Bertz CT molecular complexity index is 1270. The molecule has 3 aromatic carbocycles. The number of carbonyl (C=O) groups is 1. The maximum Gasteiger partial charge on any atom is 0.344 e. The van der Waals surface area contributed by atoms with Gasteiger partial charge in [-0.25, -0.2) is 13.2 Å². The molecule has 0 fully saturated rings. The second-order valence-electron chi connectivity index (χ2n) is 7.91. The first-order valence-electron chi connectivity index (χ1n) is 11.0. The van der Waals surface area contributed by atoms with Crippen LogP contribution >= 0.6 is 0 Å². The van der Waals surface area contributed by atoms with Crippen LogP contribution in [0.2, 0.25) is 0 Å². The predicted octanol–water partition coefficient (Wildman–Crippen LogP) is 4.39. The molecule has 0 bridgehead atoms. The third-order valence-corrected chi connectivity index (χ3v) is 6.60. The van der Waals surface area contributed by atoms with Crippen LogP contribution in [0.25, 0.3) is 0 Å². The Morgan fingerprint density at radius 3 is 2.29 bits per heavy atom. The molecule has 4 rings (SSSR count). The first-order chi connectivity index (χ1) is 16.3. The van der Waals surface area contributed by atoms with Gasteiger partial charge in [-0.2, -0.15) is 5.10 Å². The zero-order valence-corrected chi connectivity index (χ0v) is 19.9. The van der Waals surface area contributed by atoms with Gasteiger partial charge in [-0.1, -0.05) is 30.3 Å². The zero-order valence-electron chi connectivity index (χ0n) is 19.0. The lowest BCUT2D eigenvalue weighted by Crippen LogP contribution is -2.18. The van der Waals surface area contributed by atoms with Crippen LogP contribution < -0.4 is 9.75 Å². The van der Waals surface area contributed by atoms with Crippen molar-refractivity contribution in [2.45, 2.75) is 24.3 Å². The van der Waals surface area contributed by atoms with E-state index in [1.54, 1.807) is 43.3 Å². The molecule has 0 saturated heterocycles. The van der Waals surface area contributed by atoms with Gasteiger partial charge in [-0.05, 0) is 66.6 Å². The normalized spacial score (nSPS) is 15.6. The number of rotatable bonds is 8. The number of nitrogens with zero attached hydrogens (tertiary/aromatic N) is 2. The van der Waals surface area contributed by atoms with E-state index in [0.717, 1.165) is 22.5 Å². The number of hydrogen-bond donors (Lipinski definition) is 0. The molecule has 1 unspecified atom stereocenters. The van der Waals surface area contributed by atoms with E-state index in [-0.39, 0.29) is 17.5 Å². The number of sulfone groups is 1. The van der Waals surface area contributed by atoms with Crippen molar-refractivity contribution < 1.29 is 22.7 Å². The molecular formula is C26H26N2O5S. The molecule has 7 nitrogen and oxygen atoms in total. The molecule has 8 heteroatoms. The number of hydrogen-bond acceptors (Lipinski definition) is 7. The Kier molecular flexibility index (Phi) is 6.98. The Labute approximate surface area is 199 Å². The van der Waals surface area contributed by atoms with Crippen molar-refractivity contribution in [1.29, 1.82) is 0 Å². The van der Waals surface area contributed by atoms with Crippen molar-refractivity contribution in [1.82, 2.24) is 0 Å². The summed E-state index contributed by atoms with van der Waals surface area (Å²) in [7, 11) is -3.28. The minimum absolute atomic E-state index is 0.0278. The Morgan fingerprint density at radius 2 is 1.68 bits per heavy atom. The van der Waals surface area contributed by atoms with Gasteiger partial charge in [0, 0.05) is 12.7 Å². The highest BCUT2D eigenvalue weighted by atomic mass is 32.2. The van der Waals surface area contributed by atoms with Gasteiger partial charge in [-0.15, -0.1) is 0 Å². The van der Waals surface area contributed by atoms with Gasteiger partial charge in [-0.3, -0.25) is 5.01 Å². The monoisotopic (exact) mass is 478 g/mol. The molecule has 1 atom stereocenters. The number of ether oxygens (including phenoxy) is 2. The van der Waals surface area contributed by atoms with Gasteiger partial charge in [0.2, 0.25) is 0 Å². The topological polar surface area (TPSA) is 85.3 Å². The van der Waals surface area contributed by atoms with Crippen LogP contribution in [0.15, 0.2) is 88.9 Å². The van der Waals surface area contributed by atoms with E-state index in [4.69, 9.17) is 14.6 Å². The van der Waals surface area contributed by atoms with Crippen LogP contribution in [0.5, 0.6) is 5.75 Å². The van der Waals surface area contributed by atoms with E-state index < -0.39 is 15.8 Å². The first kappa shape index (κ1) is 23.5. The summed E-state index contributed by atoms with van der Waals surface area (Å²) < 4.78 is 34.1. The van der Waals surface area contributed by atoms with Crippen molar-refractivity contribution >= 4 is 27.2 Å². The van der Waals surface area contributed by atoms with Gasteiger partial charge in [0.15, 0.2) is 16.4 Å². The second kappa shape index (κ2) is 10.1. The molecule has 0 spiro atoms. The predicted molar refractivity (Wildman–Crippen MR) is 131 cm³/mol. The zero-order chi connectivity index (χ0) is 24.1. The molecule has 34 heavy (non-hydrogen) atoms. The van der Waals surface area contributed by atoms with E-state index in [9.17, 15) is 13.2 Å². The van der Waals surface area contributed by atoms with Gasteiger partial charge in [0.25, 0.3) is 0 Å². The first-order valence-corrected chi connectivity index (χ1v) is 12.8. The van der Waals surface area contributed by atoms with E-state index in [2.05, 4.69) is 12.1 Å². The summed E-state index contributed by atoms with van der Waals surface area (Å²) in [5, 5.41) is 6.82. The van der Waals surface area contributed by atoms with Gasteiger partial charge in [0.05, 0.1) is 28.9 Å². The summed E-state index contributed by atoms with van der Waals surface area (Å²) in [6.45, 7) is 1.93. The van der Waals surface area contributed by atoms with Crippen molar-refractivity contribution in [3.05, 3.63) is 90.0 Å². The minimum Gasteiger partial charge on any atom is -0.482 e. The average molecular weight is 479 g/mol. The molecule has 0 radical (unpaired) electrons. The molecule has 0 N–H and O–H groups in total. The summed E-state index contributed by atoms with van der Waals surface area (Å²) in [5.41, 5.74) is 3.77. The van der Waals surface area contributed by atoms with E-state index in [1.165, 1.54) is 6.26 Å². The molecule has 176 valence electrons.